The first-order valence-electron chi connectivity index (χ1n) is 8.29. The molecule has 30 heavy (non-hydrogen) atoms. The van der Waals surface area contributed by atoms with Crippen LogP contribution in [0.3, 0.4) is 0 Å². The quantitative estimate of drug-likeness (QED) is 0.396. The van der Waals surface area contributed by atoms with E-state index in [0.717, 1.165) is 17.4 Å². The van der Waals surface area contributed by atoms with Crippen LogP contribution in [0.15, 0.2) is 33.2 Å². The first-order valence-corrected chi connectivity index (χ1v) is 9.17. The van der Waals surface area contributed by atoms with E-state index in [-0.39, 0.29) is 34.4 Å². The Morgan fingerprint density at radius 2 is 1.83 bits per heavy atom. The van der Waals surface area contributed by atoms with E-state index in [1.165, 1.54) is 17.5 Å². The molecule has 0 fully saturated rings. The molecule has 1 aliphatic heterocycles. The number of rotatable bonds is 6. The number of aldehydes is 1. The maximum atomic E-state index is 13.7. The maximum absolute atomic E-state index is 13.7. The predicted octanol–water partition coefficient (Wildman–Crippen LogP) is 3.05. The van der Waals surface area contributed by atoms with Crippen LogP contribution in [-0.2, 0) is 0 Å². The van der Waals surface area contributed by atoms with Crippen LogP contribution in [0, 0.1) is 0 Å². The summed E-state index contributed by atoms with van der Waals surface area (Å²) in [4.78, 5) is 34.6. The normalized spacial score (nSPS) is 14.0. The Hall–Kier alpha value is -3.54. The van der Waals surface area contributed by atoms with Crippen LogP contribution < -0.4 is 31.0 Å². The second-order valence-corrected chi connectivity index (χ2v) is 7.16. The lowest BCUT2D eigenvalue weighted by atomic mass is 10.0. The summed E-state index contributed by atoms with van der Waals surface area (Å²) in [6.45, 7) is -0.123. The average molecular weight is 440 g/mol. The van der Waals surface area contributed by atoms with Crippen molar-refractivity contribution < 1.29 is 32.5 Å². The molecule has 1 atom stereocenters. The Kier molecular flexibility index (Phi) is 4.65. The van der Waals surface area contributed by atoms with Crippen LogP contribution in [0.25, 0.3) is 0 Å². The largest absolute Gasteiger partial charge is 0.504 e. The molecule has 0 saturated carbocycles. The average Bonchev–Trinajstić information content (AvgIpc) is 3.31. The minimum absolute atomic E-state index is 0.0424. The van der Waals surface area contributed by atoms with E-state index < -0.39 is 40.2 Å². The first kappa shape index (κ1) is 19.8. The summed E-state index contributed by atoms with van der Waals surface area (Å²) >= 11 is 0.857. The fourth-order valence-corrected chi connectivity index (χ4v) is 3.61. The summed E-state index contributed by atoms with van der Waals surface area (Å²) in [7, 11) is 0. The van der Waals surface area contributed by atoms with Gasteiger partial charge in [0.1, 0.15) is 22.3 Å². The van der Waals surface area contributed by atoms with E-state index in [2.05, 4.69) is 10.6 Å². The lowest BCUT2D eigenvalue weighted by Crippen LogP contribution is -2.40. The first-order chi connectivity index (χ1) is 14.2. The van der Waals surface area contributed by atoms with Gasteiger partial charge in [-0.25, -0.2) is 0 Å². The number of benzene rings is 1. The van der Waals surface area contributed by atoms with Crippen LogP contribution in [0.2, 0.25) is 0 Å². The van der Waals surface area contributed by atoms with Crippen LogP contribution in [0.5, 0.6) is 17.2 Å². The minimum Gasteiger partial charge on any atom is -0.504 e. The van der Waals surface area contributed by atoms with Gasteiger partial charge in [-0.15, -0.1) is 11.3 Å². The zero-order valence-electron chi connectivity index (χ0n) is 14.7. The lowest BCUT2D eigenvalue weighted by molar-refractivity contribution is -0.144. The Morgan fingerprint density at radius 3 is 2.50 bits per heavy atom. The summed E-state index contributed by atoms with van der Waals surface area (Å²) in [5.41, 5.74) is -3.56. The summed E-state index contributed by atoms with van der Waals surface area (Å²) in [5, 5.41) is 15.7. The fourth-order valence-electron chi connectivity index (χ4n) is 2.91. The van der Waals surface area contributed by atoms with Crippen molar-refractivity contribution in [3.05, 3.63) is 54.5 Å². The third kappa shape index (κ3) is 3.24. The second kappa shape index (κ2) is 7.06. The molecule has 0 bridgehead atoms. The van der Waals surface area contributed by atoms with Crippen molar-refractivity contribution in [2.45, 2.75) is 12.2 Å². The summed E-state index contributed by atoms with van der Waals surface area (Å²) in [5.74, 6) is -0.0660. The molecule has 3 N–H and O–H groups in total. The standard InChI is InChI=1S/C18H11F3N2O6S/c19-18(20,21)17(7-1-2-9-10(3-7)29-6-28-9)23-13-12(15(26)16(13)27)22-8-5-30-11(4-24)14(8)25/h1-5,17,22-23,25H,6H2/t17-/m0/s1. The SMILES string of the molecule is O=Cc1scc(Nc2c(N[C@@H](c3ccc4c(c3)OCO4)C(F)(F)F)c(=O)c2=O)c1O. The Balaban J connectivity index is 1.67. The van der Waals surface area contributed by atoms with Gasteiger partial charge in [0.2, 0.25) is 6.79 Å². The molecule has 2 aromatic carbocycles. The van der Waals surface area contributed by atoms with Crippen LogP contribution >= 0.6 is 11.3 Å². The summed E-state index contributed by atoms with van der Waals surface area (Å²) in [6.07, 6.45) is -4.44. The fraction of sp³-hybridized carbons (Fsp3) is 0.167. The number of hydrogen-bond donors (Lipinski definition) is 3. The van der Waals surface area contributed by atoms with Gasteiger partial charge < -0.3 is 25.2 Å². The van der Waals surface area contributed by atoms with Gasteiger partial charge in [-0.1, -0.05) is 6.07 Å². The number of fused-ring (bicyclic) bond motifs is 1. The molecule has 156 valence electrons. The Morgan fingerprint density at radius 1 is 1.13 bits per heavy atom. The van der Waals surface area contributed by atoms with E-state index in [0.29, 0.717) is 6.29 Å². The van der Waals surface area contributed by atoms with Gasteiger partial charge in [0, 0.05) is 5.38 Å². The lowest BCUT2D eigenvalue weighted by Gasteiger charge is -2.25. The molecule has 2 heterocycles. The zero-order valence-corrected chi connectivity index (χ0v) is 15.5. The van der Waals surface area contributed by atoms with Crippen molar-refractivity contribution in [2.75, 3.05) is 17.4 Å². The number of thiophene rings is 1. The van der Waals surface area contributed by atoms with Gasteiger partial charge in [0.15, 0.2) is 23.5 Å². The molecule has 8 nitrogen and oxygen atoms in total. The number of carbonyl (C=O) groups is 1. The van der Waals surface area contributed by atoms with Crippen LogP contribution in [-0.4, -0.2) is 24.4 Å². The highest BCUT2D eigenvalue weighted by atomic mass is 32.1. The summed E-state index contributed by atoms with van der Waals surface area (Å²) in [6, 6.07) is 1.28. The number of carbonyl (C=O) groups excluding carboxylic acids is 1. The smallest absolute Gasteiger partial charge is 0.412 e. The Bertz CT molecular complexity index is 1210. The Labute approximate surface area is 169 Å². The van der Waals surface area contributed by atoms with Gasteiger partial charge in [-0.2, -0.15) is 13.2 Å². The van der Waals surface area contributed by atoms with E-state index in [9.17, 15) is 32.7 Å². The minimum atomic E-state index is -4.82. The topological polar surface area (TPSA) is 114 Å². The van der Waals surface area contributed by atoms with E-state index in [4.69, 9.17) is 9.47 Å². The van der Waals surface area contributed by atoms with Gasteiger partial charge in [-0.05, 0) is 17.7 Å². The van der Waals surface area contributed by atoms with Gasteiger partial charge >= 0.3 is 6.18 Å². The third-order valence-electron chi connectivity index (χ3n) is 4.42. The molecule has 4 rings (SSSR count). The molecule has 12 heteroatoms. The van der Waals surface area contributed by atoms with E-state index in [1.807, 2.05) is 0 Å². The third-order valence-corrected chi connectivity index (χ3v) is 5.31. The molecule has 3 aromatic rings. The number of aromatic hydroxyl groups is 1. The maximum Gasteiger partial charge on any atom is 0.412 e. The highest BCUT2D eigenvalue weighted by Gasteiger charge is 2.43. The summed E-state index contributed by atoms with van der Waals surface area (Å²) < 4.78 is 51.3. The monoisotopic (exact) mass is 440 g/mol. The van der Waals surface area contributed by atoms with Crippen molar-refractivity contribution in [1.29, 1.82) is 0 Å². The van der Waals surface area contributed by atoms with Crippen molar-refractivity contribution in [1.82, 2.24) is 0 Å². The molecule has 0 aliphatic carbocycles. The molecule has 1 aromatic heterocycles. The predicted molar refractivity (Wildman–Crippen MR) is 101 cm³/mol. The molecule has 0 amide bonds. The van der Waals surface area contributed by atoms with E-state index >= 15 is 0 Å². The molecule has 0 unspecified atom stereocenters. The molecular formula is C18H11F3N2O6S. The van der Waals surface area contributed by atoms with Gasteiger partial charge in [0.25, 0.3) is 10.9 Å². The van der Waals surface area contributed by atoms with Gasteiger partial charge in [-0.3, -0.25) is 14.4 Å². The molecule has 0 saturated heterocycles. The molecular weight excluding hydrogens is 429 g/mol. The van der Waals surface area contributed by atoms with Crippen molar-refractivity contribution in [3.63, 3.8) is 0 Å². The van der Waals surface area contributed by atoms with Crippen LogP contribution in [0.1, 0.15) is 21.3 Å². The number of ether oxygens (including phenoxy) is 2. The zero-order chi connectivity index (χ0) is 21.6. The molecule has 0 spiro atoms. The highest BCUT2D eigenvalue weighted by Crippen LogP contribution is 2.42. The number of anilines is 3. The van der Waals surface area contributed by atoms with Crippen LogP contribution in [0.4, 0.5) is 30.2 Å². The number of alkyl halides is 3. The highest BCUT2D eigenvalue weighted by molar-refractivity contribution is 7.12. The number of hydrogen-bond acceptors (Lipinski definition) is 9. The van der Waals surface area contributed by atoms with Crippen molar-refractivity contribution >= 4 is 34.7 Å². The van der Waals surface area contributed by atoms with E-state index in [1.54, 1.807) is 0 Å². The number of halogens is 3. The molecule has 1 aliphatic rings. The second-order valence-electron chi connectivity index (χ2n) is 6.24. The van der Waals surface area contributed by atoms with Crippen molar-refractivity contribution in [2.24, 2.45) is 0 Å². The van der Waals surface area contributed by atoms with Gasteiger partial charge in [0.05, 0.1) is 5.69 Å². The molecule has 0 radical (unpaired) electrons. The number of nitrogens with one attached hydrogen (secondary N) is 2. The van der Waals surface area contributed by atoms with Crippen molar-refractivity contribution in [3.8, 4) is 17.2 Å².